The predicted molar refractivity (Wildman–Crippen MR) is 49.5 cm³/mol. The molecule has 1 N–H and O–H groups in total. The SMILES string of the molecule is C=CC(=O)[O-].CCC(O)[N+](C)(C)C.[Cl-]. The van der Waals surface area contributed by atoms with Crippen molar-refractivity contribution < 1.29 is 31.9 Å². The van der Waals surface area contributed by atoms with E-state index in [4.69, 9.17) is 15.0 Å². The van der Waals surface area contributed by atoms with Crippen LogP contribution in [0.15, 0.2) is 12.7 Å². The van der Waals surface area contributed by atoms with Crippen LogP contribution >= 0.6 is 0 Å². The van der Waals surface area contributed by atoms with Gasteiger partial charge < -0.3 is 31.9 Å². The van der Waals surface area contributed by atoms with Crippen LogP contribution in [0, 0.1) is 0 Å². The van der Waals surface area contributed by atoms with E-state index in [2.05, 4.69) is 6.58 Å². The van der Waals surface area contributed by atoms with Crippen molar-refractivity contribution in [3.8, 4) is 0 Å². The fraction of sp³-hybridized carbons (Fsp3) is 0.667. The van der Waals surface area contributed by atoms with E-state index in [1.54, 1.807) is 0 Å². The third-order valence-corrected chi connectivity index (χ3v) is 1.43. The summed E-state index contributed by atoms with van der Waals surface area (Å²) in [6, 6.07) is 0. The number of halogens is 1. The largest absolute Gasteiger partial charge is 1.00 e. The molecule has 0 heterocycles. The average Bonchev–Trinajstić information content (AvgIpc) is 2.02. The summed E-state index contributed by atoms with van der Waals surface area (Å²) in [6.45, 7) is 4.88. The van der Waals surface area contributed by atoms with Crippen LogP contribution in [0.5, 0.6) is 0 Å². The van der Waals surface area contributed by atoms with Crippen molar-refractivity contribution in [3.63, 3.8) is 0 Å². The summed E-state index contributed by atoms with van der Waals surface area (Å²) in [7, 11) is 5.94. The van der Waals surface area contributed by atoms with Crippen molar-refractivity contribution in [2.24, 2.45) is 0 Å². The molecule has 5 heteroatoms. The molecule has 86 valence electrons. The maximum Gasteiger partial charge on any atom is 0.189 e. The number of aliphatic hydroxyl groups is 1. The summed E-state index contributed by atoms with van der Waals surface area (Å²) >= 11 is 0. The van der Waals surface area contributed by atoms with Crippen LogP contribution in [0.2, 0.25) is 0 Å². The van der Waals surface area contributed by atoms with Gasteiger partial charge in [0.2, 0.25) is 0 Å². The second-order valence-electron chi connectivity index (χ2n) is 3.53. The predicted octanol–water partition coefficient (Wildman–Crippen LogP) is -3.65. The van der Waals surface area contributed by atoms with E-state index >= 15 is 0 Å². The highest BCUT2D eigenvalue weighted by Crippen LogP contribution is 2.01. The normalized spacial score (nSPS) is 11.5. The number of aliphatic hydroxyl groups excluding tert-OH is 1. The molecule has 0 aromatic carbocycles. The van der Waals surface area contributed by atoms with Gasteiger partial charge in [0.15, 0.2) is 6.23 Å². The van der Waals surface area contributed by atoms with Gasteiger partial charge in [-0.2, -0.15) is 0 Å². The Hall–Kier alpha value is -0.580. The summed E-state index contributed by atoms with van der Waals surface area (Å²) < 4.78 is 0.635. The van der Waals surface area contributed by atoms with Crippen LogP contribution in [-0.4, -0.2) is 42.9 Å². The highest BCUT2D eigenvalue weighted by Gasteiger charge is 2.16. The lowest BCUT2D eigenvalue weighted by molar-refractivity contribution is -0.918. The fourth-order valence-corrected chi connectivity index (χ4v) is 0.548. The molecule has 0 radical (unpaired) electrons. The number of carbonyl (C=O) groups is 1. The first-order chi connectivity index (χ1) is 5.75. The average molecular weight is 225 g/mol. The van der Waals surface area contributed by atoms with Gasteiger partial charge in [-0.15, -0.1) is 0 Å². The Kier molecular flexibility index (Phi) is 12.2. The maximum atomic E-state index is 9.17. The first-order valence-electron chi connectivity index (χ1n) is 4.08. The van der Waals surface area contributed by atoms with Crippen molar-refractivity contribution in [2.75, 3.05) is 21.1 Å². The van der Waals surface area contributed by atoms with Gasteiger partial charge >= 0.3 is 0 Å². The van der Waals surface area contributed by atoms with Crippen molar-refractivity contribution in [1.82, 2.24) is 0 Å². The molecule has 0 rings (SSSR count). The molecule has 0 aromatic heterocycles. The van der Waals surface area contributed by atoms with E-state index in [0.29, 0.717) is 4.48 Å². The van der Waals surface area contributed by atoms with E-state index in [9.17, 15) is 0 Å². The number of hydrogen-bond donors (Lipinski definition) is 1. The van der Waals surface area contributed by atoms with Crippen LogP contribution in [0.25, 0.3) is 0 Å². The Labute approximate surface area is 91.8 Å². The summed E-state index contributed by atoms with van der Waals surface area (Å²) in [5.41, 5.74) is 0. The van der Waals surface area contributed by atoms with Crippen molar-refractivity contribution >= 4 is 5.97 Å². The van der Waals surface area contributed by atoms with E-state index < -0.39 is 5.97 Å². The summed E-state index contributed by atoms with van der Waals surface area (Å²) in [4.78, 5) is 9.14. The first-order valence-corrected chi connectivity index (χ1v) is 4.08. The smallest absolute Gasteiger partial charge is 0.189 e. The molecule has 0 aliphatic heterocycles. The molecule has 14 heavy (non-hydrogen) atoms. The molecule has 0 saturated carbocycles. The van der Waals surface area contributed by atoms with Crippen molar-refractivity contribution in [3.05, 3.63) is 12.7 Å². The second kappa shape index (κ2) is 8.99. The summed E-state index contributed by atoms with van der Waals surface area (Å²) in [5, 5.41) is 18.3. The zero-order valence-electron chi connectivity index (χ0n) is 9.16. The number of quaternary nitrogens is 1. The van der Waals surface area contributed by atoms with Crippen LogP contribution in [0.4, 0.5) is 0 Å². The molecule has 4 nitrogen and oxygen atoms in total. The molecule has 0 spiro atoms. The van der Waals surface area contributed by atoms with Crippen LogP contribution < -0.4 is 17.5 Å². The molecular formula is C9H19ClNO3-. The van der Waals surface area contributed by atoms with Gasteiger partial charge in [-0.05, 0) is 6.08 Å². The standard InChI is InChI=1S/C6H16NO.C3H4O2.ClH/c1-5-6(8)7(2,3)4;1-2-3(4)5;/h6,8H,5H2,1-4H3;2H,1H2,(H,4,5);1H/q+1;;/p-2. The van der Waals surface area contributed by atoms with E-state index in [-0.39, 0.29) is 18.6 Å². The van der Waals surface area contributed by atoms with Gasteiger partial charge in [-0.3, -0.25) is 0 Å². The first kappa shape index (κ1) is 19.1. The summed E-state index contributed by atoms with van der Waals surface area (Å²) in [5.74, 6) is -1.23. The Morgan fingerprint density at radius 1 is 1.57 bits per heavy atom. The number of carbonyl (C=O) groups excluding carboxylic acids is 1. The minimum atomic E-state index is -1.23. The Morgan fingerprint density at radius 2 is 1.86 bits per heavy atom. The zero-order valence-corrected chi connectivity index (χ0v) is 9.91. The van der Waals surface area contributed by atoms with Gasteiger partial charge in [0, 0.05) is 6.42 Å². The molecule has 0 amide bonds. The van der Waals surface area contributed by atoms with Gasteiger partial charge in [0.1, 0.15) is 0 Å². The monoisotopic (exact) mass is 224 g/mol. The third kappa shape index (κ3) is 14.0. The number of hydrogen-bond acceptors (Lipinski definition) is 3. The van der Waals surface area contributed by atoms with Crippen LogP contribution in [-0.2, 0) is 4.79 Å². The molecule has 1 unspecified atom stereocenters. The fourth-order valence-electron chi connectivity index (χ4n) is 0.548. The van der Waals surface area contributed by atoms with E-state index in [0.717, 1.165) is 12.5 Å². The number of aliphatic carboxylic acids is 1. The Morgan fingerprint density at radius 3 is 1.86 bits per heavy atom. The zero-order chi connectivity index (χ0) is 11.1. The molecule has 0 aromatic rings. The Balaban J connectivity index is -0.000000177. The molecule has 0 aliphatic carbocycles. The lowest BCUT2D eigenvalue weighted by Gasteiger charge is -2.28. The molecule has 0 saturated heterocycles. The minimum absolute atomic E-state index is 0. The minimum Gasteiger partial charge on any atom is -1.00 e. The van der Waals surface area contributed by atoms with Crippen molar-refractivity contribution in [2.45, 2.75) is 19.6 Å². The molecule has 0 bridgehead atoms. The van der Waals surface area contributed by atoms with Gasteiger partial charge in [-0.1, -0.05) is 13.5 Å². The van der Waals surface area contributed by atoms with Gasteiger partial charge in [-0.25, -0.2) is 0 Å². The molecular weight excluding hydrogens is 206 g/mol. The highest BCUT2D eigenvalue weighted by molar-refractivity contribution is 5.76. The number of rotatable bonds is 3. The van der Waals surface area contributed by atoms with E-state index in [1.807, 2.05) is 28.1 Å². The topological polar surface area (TPSA) is 60.4 Å². The summed E-state index contributed by atoms with van der Waals surface area (Å²) in [6.07, 6.45) is 1.33. The van der Waals surface area contributed by atoms with Gasteiger partial charge in [0.05, 0.1) is 27.1 Å². The van der Waals surface area contributed by atoms with Crippen LogP contribution in [0.1, 0.15) is 13.3 Å². The van der Waals surface area contributed by atoms with Crippen molar-refractivity contribution in [1.29, 1.82) is 0 Å². The third-order valence-electron chi connectivity index (χ3n) is 1.43. The molecule has 0 aliphatic rings. The number of carboxylic acid groups (broad SMARTS) is 1. The molecule has 1 atom stereocenters. The van der Waals surface area contributed by atoms with Gasteiger partial charge in [0.25, 0.3) is 0 Å². The maximum absolute atomic E-state index is 9.17. The number of carboxylic acids is 1. The lowest BCUT2D eigenvalue weighted by atomic mass is 10.4. The second-order valence-corrected chi connectivity index (χ2v) is 3.53. The lowest BCUT2D eigenvalue weighted by Crippen LogP contribution is -3.00. The van der Waals surface area contributed by atoms with Crippen LogP contribution in [0.3, 0.4) is 0 Å². The number of nitrogens with zero attached hydrogens (tertiary/aromatic N) is 1. The molecule has 0 fully saturated rings. The van der Waals surface area contributed by atoms with E-state index in [1.165, 1.54) is 0 Å². The highest BCUT2D eigenvalue weighted by atomic mass is 35.5. The Bertz CT molecular complexity index is 166. The quantitative estimate of drug-likeness (QED) is 0.306.